The lowest BCUT2D eigenvalue weighted by Crippen LogP contribution is -2.40. The zero-order valence-electron chi connectivity index (χ0n) is 10.2. The van der Waals surface area contributed by atoms with E-state index in [9.17, 15) is 4.79 Å². The van der Waals surface area contributed by atoms with Crippen LogP contribution in [0.15, 0.2) is 36.7 Å². The maximum Gasteiger partial charge on any atom is 0.270 e. The molecule has 1 aromatic heterocycles. The number of benzene rings is 1. The van der Waals surface area contributed by atoms with Gasteiger partial charge in [0.1, 0.15) is 23.9 Å². The number of halogens is 1. The van der Waals surface area contributed by atoms with Crippen molar-refractivity contribution in [1.29, 1.82) is 0 Å². The molecule has 20 heavy (non-hydrogen) atoms. The van der Waals surface area contributed by atoms with Crippen LogP contribution in [0.1, 0.15) is 0 Å². The number of carbonyl (C=O) groups is 1. The van der Waals surface area contributed by atoms with Crippen LogP contribution in [0, 0.1) is 0 Å². The number of anilines is 1. The van der Waals surface area contributed by atoms with E-state index < -0.39 is 6.10 Å². The van der Waals surface area contributed by atoms with Crippen molar-refractivity contribution >= 4 is 23.3 Å². The number of para-hydroxylation sites is 2. The standard InChI is InChI=1S/C13H10ClN3O3/c14-11-5-12(16-7-15-11)17-13(18)10-6-19-8-3-1-2-4-9(8)20-10/h1-5,7,10H,6H2,(H,15,16,17,18). The first-order chi connectivity index (χ1) is 9.72. The van der Waals surface area contributed by atoms with Crippen molar-refractivity contribution < 1.29 is 14.3 Å². The molecule has 0 spiro atoms. The molecule has 0 aliphatic carbocycles. The molecule has 0 radical (unpaired) electrons. The summed E-state index contributed by atoms with van der Waals surface area (Å²) in [4.78, 5) is 19.7. The Labute approximate surface area is 119 Å². The smallest absolute Gasteiger partial charge is 0.270 e. The molecule has 102 valence electrons. The maximum atomic E-state index is 12.1. The predicted octanol–water partition coefficient (Wildman–Crippen LogP) is 1.91. The minimum Gasteiger partial charge on any atom is -0.485 e. The highest BCUT2D eigenvalue weighted by atomic mass is 35.5. The van der Waals surface area contributed by atoms with Gasteiger partial charge in [-0.05, 0) is 12.1 Å². The van der Waals surface area contributed by atoms with E-state index in [4.69, 9.17) is 21.1 Å². The molecule has 1 unspecified atom stereocenters. The van der Waals surface area contributed by atoms with Crippen LogP contribution < -0.4 is 14.8 Å². The third-order valence-corrected chi connectivity index (χ3v) is 2.89. The Bertz CT molecular complexity index is 650. The molecular formula is C13H10ClN3O3. The van der Waals surface area contributed by atoms with E-state index in [2.05, 4.69) is 15.3 Å². The van der Waals surface area contributed by atoms with Gasteiger partial charge in [-0.1, -0.05) is 23.7 Å². The Morgan fingerprint density at radius 2 is 2.10 bits per heavy atom. The van der Waals surface area contributed by atoms with Gasteiger partial charge in [0.05, 0.1) is 0 Å². The highest BCUT2D eigenvalue weighted by Gasteiger charge is 2.27. The summed E-state index contributed by atoms with van der Waals surface area (Å²) in [6.07, 6.45) is 0.532. The first-order valence-electron chi connectivity index (χ1n) is 5.89. The Morgan fingerprint density at radius 3 is 2.90 bits per heavy atom. The molecule has 0 saturated heterocycles. The van der Waals surface area contributed by atoms with Gasteiger partial charge >= 0.3 is 0 Å². The van der Waals surface area contributed by atoms with Crippen LogP contribution in [-0.4, -0.2) is 28.6 Å². The molecule has 0 fully saturated rings. The van der Waals surface area contributed by atoms with Crippen LogP contribution in [0.4, 0.5) is 5.82 Å². The van der Waals surface area contributed by atoms with Crippen LogP contribution in [0.3, 0.4) is 0 Å². The summed E-state index contributed by atoms with van der Waals surface area (Å²) in [5.41, 5.74) is 0. The van der Waals surface area contributed by atoms with Gasteiger partial charge in [-0.3, -0.25) is 4.79 Å². The number of nitrogens with zero attached hydrogens (tertiary/aromatic N) is 2. The van der Waals surface area contributed by atoms with Gasteiger partial charge in [0.2, 0.25) is 6.10 Å². The van der Waals surface area contributed by atoms with Crippen LogP contribution >= 0.6 is 11.6 Å². The largest absolute Gasteiger partial charge is 0.485 e. The van der Waals surface area contributed by atoms with Gasteiger partial charge in [0, 0.05) is 6.07 Å². The molecule has 3 rings (SSSR count). The van der Waals surface area contributed by atoms with Gasteiger partial charge in [0.25, 0.3) is 5.91 Å². The first-order valence-corrected chi connectivity index (χ1v) is 6.27. The molecule has 2 heterocycles. The van der Waals surface area contributed by atoms with E-state index in [0.29, 0.717) is 17.3 Å². The molecule has 2 aromatic rings. The number of ether oxygens (including phenoxy) is 2. The average Bonchev–Trinajstić information content (AvgIpc) is 2.47. The minimum atomic E-state index is -0.737. The summed E-state index contributed by atoms with van der Waals surface area (Å²) in [6, 6.07) is 8.64. The Hall–Kier alpha value is -2.34. The summed E-state index contributed by atoms with van der Waals surface area (Å²) in [6.45, 7) is 0.141. The predicted molar refractivity (Wildman–Crippen MR) is 72.0 cm³/mol. The number of hydrogen-bond acceptors (Lipinski definition) is 5. The Balaban J connectivity index is 1.70. The van der Waals surface area contributed by atoms with Crippen molar-refractivity contribution in [3.63, 3.8) is 0 Å². The normalized spacial score (nSPS) is 16.6. The molecule has 1 aromatic carbocycles. The summed E-state index contributed by atoms with van der Waals surface area (Å²) in [5.74, 6) is 1.13. The fraction of sp³-hybridized carbons (Fsp3) is 0.154. The van der Waals surface area contributed by atoms with E-state index >= 15 is 0 Å². The monoisotopic (exact) mass is 291 g/mol. The number of aromatic nitrogens is 2. The van der Waals surface area contributed by atoms with Crippen LogP contribution in [0.2, 0.25) is 5.15 Å². The molecular weight excluding hydrogens is 282 g/mol. The Morgan fingerprint density at radius 1 is 1.30 bits per heavy atom. The zero-order chi connectivity index (χ0) is 13.9. The minimum absolute atomic E-state index is 0.141. The number of fused-ring (bicyclic) bond motifs is 1. The highest BCUT2D eigenvalue weighted by molar-refractivity contribution is 6.29. The first kappa shape index (κ1) is 12.7. The van der Waals surface area contributed by atoms with Crippen molar-refractivity contribution in [2.75, 3.05) is 11.9 Å². The van der Waals surface area contributed by atoms with Crippen molar-refractivity contribution in [2.24, 2.45) is 0 Å². The molecule has 1 atom stereocenters. The fourth-order valence-corrected chi connectivity index (χ4v) is 1.90. The molecule has 0 saturated carbocycles. The summed E-state index contributed by atoms with van der Waals surface area (Å²) < 4.78 is 11.1. The lowest BCUT2D eigenvalue weighted by Gasteiger charge is -2.25. The van der Waals surface area contributed by atoms with Crippen LogP contribution in [0.25, 0.3) is 0 Å². The zero-order valence-corrected chi connectivity index (χ0v) is 11.0. The quantitative estimate of drug-likeness (QED) is 0.856. The topological polar surface area (TPSA) is 73.3 Å². The van der Waals surface area contributed by atoms with E-state index in [1.165, 1.54) is 12.4 Å². The van der Waals surface area contributed by atoms with E-state index in [1.54, 1.807) is 12.1 Å². The van der Waals surface area contributed by atoms with Crippen molar-refractivity contribution in [3.05, 3.63) is 41.8 Å². The van der Waals surface area contributed by atoms with Crippen molar-refractivity contribution in [3.8, 4) is 11.5 Å². The van der Waals surface area contributed by atoms with Crippen LogP contribution in [0.5, 0.6) is 11.5 Å². The Kier molecular flexibility index (Phi) is 3.39. The summed E-state index contributed by atoms with van der Waals surface area (Å²) in [7, 11) is 0. The van der Waals surface area contributed by atoms with Gasteiger partial charge in [-0.2, -0.15) is 0 Å². The van der Waals surface area contributed by atoms with Crippen molar-refractivity contribution in [2.45, 2.75) is 6.10 Å². The second-order valence-electron chi connectivity index (χ2n) is 4.08. The van der Waals surface area contributed by atoms with E-state index in [0.717, 1.165) is 0 Å². The molecule has 6 nitrogen and oxygen atoms in total. The number of amides is 1. The third kappa shape index (κ3) is 2.65. The molecule has 1 amide bonds. The number of rotatable bonds is 2. The van der Waals surface area contributed by atoms with Crippen molar-refractivity contribution in [1.82, 2.24) is 9.97 Å². The van der Waals surface area contributed by atoms with Gasteiger partial charge in [0.15, 0.2) is 11.5 Å². The van der Waals surface area contributed by atoms with Gasteiger partial charge in [-0.15, -0.1) is 0 Å². The maximum absolute atomic E-state index is 12.1. The second kappa shape index (κ2) is 5.34. The average molecular weight is 292 g/mol. The molecule has 1 aliphatic rings. The third-order valence-electron chi connectivity index (χ3n) is 2.69. The number of nitrogens with one attached hydrogen (secondary N) is 1. The molecule has 0 bridgehead atoms. The molecule has 7 heteroatoms. The van der Waals surface area contributed by atoms with Gasteiger partial charge in [-0.25, -0.2) is 9.97 Å². The highest BCUT2D eigenvalue weighted by Crippen LogP contribution is 2.31. The van der Waals surface area contributed by atoms with E-state index in [-0.39, 0.29) is 17.7 Å². The number of carbonyl (C=O) groups excluding carboxylic acids is 1. The summed E-state index contributed by atoms with van der Waals surface area (Å²) >= 11 is 5.72. The lowest BCUT2D eigenvalue weighted by molar-refractivity contribution is -0.125. The second-order valence-corrected chi connectivity index (χ2v) is 4.47. The SMILES string of the molecule is O=C(Nc1cc(Cl)ncn1)C1COc2ccccc2O1. The lowest BCUT2D eigenvalue weighted by atomic mass is 10.2. The molecule has 1 aliphatic heterocycles. The fourth-order valence-electron chi connectivity index (χ4n) is 1.76. The molecule has 1 N–H and O–H groups in total. The van der Waals surface area contributed by atoms with Gasteiger partial charge < -0.3 is 14.8 Å². The number of hydrogen-bond donors (Lipinski definition) is 1. The summed E-state index contributed by atoms with van der Waals surface area (Å²) in [5, 5.41) is 2.86. The van der Waals surface area contributed by atoms with E-state index in [1.807, 2.05) is 12.1 Å². The van der Waals surface area contributed by atoms with Crippen LogP contribution in [-0.2, 0) is 4.79 Å².